The summed E-state index contributed by atoms with van der Waals surface area (Å²) in [5.74, 6) is 0.615. The van der Waals surface area contributed by atoms with E-state index in [2.05, 4.69) is 20.4 Å². The summed E-state index contributed by atoms with van der Waals surface area (Å²) >= 11 is 1.49. The first-order valence-corrected chi connectivity index (χ1v) is 7.07. The van der Waals surface area contributed by atoms with Gasteiger partial charge in [-0.25, -0.2) is 14.6 Å². The maximum absolute atomic E-state index is 11.0. The van der Waals surface area contributed by atoms with Crippen molar-refractivity contribution in [3.05, 3.63) is 11.2 Å². The highest BCUT2D eigenvalue weighted by Gasteiger charge is 2.24. The van der Waals surface area contributed by atoms with Gasteiger partial charge in [-0.1, -0.05) is 0 Å². The zero-order valence-corrected chi connectivity index (χ0v) is 12.8. The molecule has 0 atom stereocenters. The van der Waals surface area contributed by atoms with Crippen LogP contribution in [0.3, 0.4) is 0 Å². The molecule has 0 unspecified atom stereocenters. The Morgan fingerprint density at radius 1 is 1.45 bits per heavy atom. The maximum atomic E-state index is 11.0. The number of nitrogens with one attached hydrogen (secondary N) is 1. The molecule has 0 aliphatic carbocycles. The molecule has 2 aromatic heterocycles. The van der Waals surface area contributed by atoms with Crippen LogP contribution in [0.1, 0.15) is 26.6 Å². The van der Waals surface area contributed by atoms with Gasteiger partial charge in [-0.3, -0.25) is 4.79 Å². The Bertz CT molecular complexity index is 624. The predicted molar refractivity (Wildman–Crippen MR) is 78.6 cm³/mol. The summed E-state index contributed by atoms with van der Waals surface area (Å²) in [5, 5.41) is 10.1. The van der Waals surface area contributed by atoms with Gasteiger partial charge in [0, 0.05) is 12.4 Å². The standard InChI is InChI=1S/C12H18N6OS/c1-12(2,3)18-10(7-6-20-11(14-4)15-7)16-9(17-18)5-8(13)19/h6H,5H2,1-4H3,(H2,13,19)(H,14,15). The van der Waals surface area contributed by atoms with Gasteiger partial charge in [0.25, 0.3) is 0 Å². The lowest BCUT2D eigenvalue weighted by atomic mass is 10.1. The first-order valence-electron chi connectivity index (χ1n) is 6.19. The molecule has 0 saturated carbocycles. The summed E-state index contributed by atoms with van der Waals surface area (Å²) in [7, 11) is 1.82. The minimum atomic E-state index is -0.447. The van der Waals surface area contributed by atoms with Crippen LogP contribution in [0.2, 0.25) is 0 Å². The Balaban J connectivity index is 2.49. The van der Waals surface area contributed by atoms with E-state index in [1.807, 2.05) is 33.2 Å². The average molecular weight is 294 g/mol. The van der Waals surface area contributed by atoms with Crippen molar-refractivity contribution < 1.29 is 4.79 Å². The van der Waals surface area contributed by atoms with E-state index in [9.17, 15) is 4.79 Å². The van der Waals surface area contributed by atoms with Crippen LogP contribution in [0.4, 0.5) is 5.13 Å². The molecule has 0 bridgehead atoms. The van der Waals surface area contributed by atoms with Gasteiger partial charge in [0.2, 0.25) is 5.91 Å². The molecule has 0 aromatic carbocycles. The first kappa shape index (κ1) is 14.4. The van der Waals surface area contributed by atoms with Crippen molar-refractivity contribution in [2.45, 2.75) is 32.7 Å². The van der Waals surface area contributed by atoms with E-state index in [1.54, 1.807) is 4.68 Å². The molecule has 108 valence electrons. The molecule has 0 aliphatic rings. The van der Waals surface area contributed by atoms with Gasteiger partial charge in [0.15, 0.2) is 16.8 Å². The van der Waals surface area contributed by atoms with Crippen molar-refractivity contribution in [2.24, 2.45) is 5.73 Å². The summed E-state index contributed by atoms with van der Waals surface area (Å²) in [6, 6.07) is 0. The van der Waals surface area contributed by atoms with Crippen LogP contribution in [-0.2, 0) is 16.8 Å². The highest BCUT2D eigenvalue weighted by Crippen LogP contribution is 2.27. The molecular weight excluding hydrogens is 276 g/mol. The predicted octanol–water partition coefficient (Wildman–Crippen LogP) is 1.23. The molecule has 0 aliphatic heterocycles. The number of nitrogens with zero attached hydrogens (tertiary/aromatic N) is 4. The fraction of sp³-hybridized carbons (Fsp3) is 0.500. The number of aromatic nitrogens is 4. The van der Waals surface area contributed by atoms with Crippen molar-refractivity contribution in [3.8, 4) is 11.5 Å². The van der Waals surface area contributed by atoms with E-state index in [4.69, 9.17) is 5.73 Å². The third-order valence-corrected chi connectivity index (χ3v) is 3.43. The van der Waals surface area contributed by atoms with Crippen molar-refractivity contribution in [3.63, 3.8) is 0 Å². The highest BCUT2D eigenvalue weighted by atomic mass is 32.1. The van der Waals surface area contributed by atoms with E-state index in [0.29, 0.717) is 11.6 Å². The monoisotopic (exact) mass is 294 g/mol. The third kappa shape index (κ3) is 2.96. The van der Waals surface area contributed by atoms with Gasteiger partial charge < -0.3 is 11.1 Å². The quantitative estimate of drug-likeness (QED) is 0.883. The highest BCUT2D eigenvalue weighted by molar-refractivity contribution is 7.14. The van der Waals surface area contributed by atoms with Crippen LogP contribution < -0.4 is 11.1 Å². The second-order valence-corrected chi connectivity index (χ2v) is 6.22. The van der Waals surface area contributed by atoms with E-state index < -0.39 is 5.91 Å². The average Bonchev–Trinajstić information content (AvgIpc) is 2.92. The van der Waals surface area contributed by atoms with Gasteiger partial charge >= 0.3 is 0 Å². The van der Waals surface area contributed by atoms with E-state index in [-0.39, 0.29) is 12.0 Å². The fourth-order valence-corrected chi connectivity index (χ4v) is 2.36. The molecule has 2 rings (SSSR count). The molecule has 20 heavy (non-hydrogen) atoms. The van der Waals surface area contributed by atoms with E-state index in [1.165, 1.54) is 11.3 Å². The smallest absolute Gasteiger partial charge is 0.225 e. The molecule has 2 heterocycles. The molecule has 0 spiro atoms. The summed E-state index contributed by atoms with van der Waals surface area (Å²) in [4.78, 5) is 19.9. The van der Waals surface area contributed by atoms with Crippen LogP contribution >= 0.6 is 11.3 Å². The number of carbonyl (C=O) groups is 1. The minimum Gasteiger partial charge on any atom is -0.369 e. The molecule has 2 aromatic rings. The number of amides is 1. The SMILES string of the molecule is CNc1nc(-c2nc(CC(N)=O)nn2C(C)(C)C)cs1. The number of hydrogen-bond acceptors (Lipinski definition) is 6. The summed E-state index contributed by atoms with van der Waals surface area (Å²) < 4.78 is 1.78. The molecule has 8 heteroatoms. The number of nitrogens with two attached hydrogens (primary N) is 1. The molecule has 1 amide bonds. The largest absolute Gasteiger partial charge is 0.369 e. The Morgan fingerprint density at radius 3 is 2.65 bits per heavy atom. The van der Waals surface area contributed by atoms with Crippen LogP contribution in [0.5, 0.6) is 0 Å². The summed E-state index contributed by atoms with van der Waals surface area (Å²) in [6.45, 7) is 6.06. The zero-order chi connectivity index (χ0) is 14.9. The Labute approximate surface area is 121 Å². The van der Waals surface area contributed by atoms with Crippen molar-refractivity contribution in [1.29, 1.82) is 0 Å². The minimum absolute atomic E-state index is 0.0269. The number of anilines is 1. The molecule has 0 radical (unpaired) electrons. The normalized spacial score (nSPS) is 11.6. The summed E-state index contributed by atoms with van der Waals surface area (Å²) in [5.41, 5.74) is 5.68. The summed E-state index contributed by atoms with van der Waals surface area (Å²) in [6.07, 6.45) is 0.0269. The van der Waals surface area contributed by atoms with Crippen LogP contribution in [0.15, 0.2) is 5.38 Å². The van der Waals surface area contributed by atoms with Crippen molar-refractivity contribution in [1.82, 2.24) is 19.7 Å². The first-order chi connectivity index (χ1) is 9.31. The molecule has 0 saturated heterocycles. The second kappa shape index (κ2) is 5.20. The Kier molecular flexibility index (Phi) is 3.76. The topological polar surface area (TPSA) is 98.7 Å². The van der Waals surface area contributed by atoms with Crippen molar-refractivity contribution >= 4 is 22.4 Å². The third-order valence-electron chi connectivity index (χ3n) is 2.57. The Morgan fingerprint density at radius 2 is 2.15 bits per heavy atom. The van der Waals surface area contributed by atoms with Gasteiger partial charge in [-0.2, -0.15) is 5.10 Å². The fourth-order valence-electron chi connectivity index (χ4n) is 1.71. The van der Waals surface area contributed by atoms with Gasteiger partial charge in [0.05, 0.1) is 12.0 Å². The van der Waals surface area contributed by atoms with Gasteiger partial charge in [-0.05, 0) is 20.8 Å². The number of rotatable bonds is 4. The lowest BCUT2D eigenvalue weighted by molar-refractivity contribution is -0.117. The zero-order valence-electron chi connectivity index (χ0n) is 12.0. The lowest BCUT2D eigenvalue weighted by Crippen LogP contribution is -2.24. The number of hydrogen-bond donors (Lipinski definition) is 2. The number of primary amides is 1. The molecule has 0 fully saturated rings. The molecule has 3 N–H and O–H groups in total. The van der Waals surface area contributed by atoms with E-state index in [0.717, 1.165) is 10.8 Å². The Hall–Kier alpha value is -1.96. The molecular formula is C12H18N6OS. The number of thiazole rings is 1. The van der Waals surface area contributed by atoms with Gasteiger partial charge in [-0.15, -0.1) is 11.3 Å². The maximum Gasteiger partial charge on any atom is 0.225 e. The number of carbonyl (C=O) groups excluding carboxylic acids is 1. The molecule has 7 nitrogen and oxygen atoms in total. The lowest BCUT2D eigenvalue weighted by Gasteiger charge is -2.20. The second-order valence-electron chi connectivity index (χ2n) is 5.37. The van der Waals surface area contributed by atoms with E-state index >= 15 is 0 Å². The van der Waals surface area contributed by atoms with Crippen LogP contribution in [0, 0.1) is 0 Å². The van der Waals surface area contributed by atoms with Crippen molar-refractivity contribution in [2.75, 3.05) is 12.4 Å². The van der Waals surface area contributed by atoms with Gasteiger partial charge in [0.1, 0.15) is 5.69 Å². The van der Waals surface area contributed by atoms with Crippen LogP contribution in [-0.4, -0.2) is 32.7 Å². The van der Waals surface area contributed by atoms with Crippen LogP contribution in [0.25, 0.3) is 11.5 Å².